The number of halogens is 1. The fourth-order valence-electron chi connectivity index (χ4n) is 3.08. The summed E-state index contributed by atoms with van der Waals surface area (Å²) in [5.41, 5.74) is 4.82. The summed E-state index contributed by atoms with van der Waals surface area (Å²) in [4.78, 5) is 0. The van der Waals surface area contributed by atoms with Crippen LogP contribution >= 0.6 is 22.6 Å². The molecule has 3 rings (SSSR count). The van der Waals surface area contributed by atoms with Gasteiger partial charge in [0.1, 0.15) is 0 Å². The van der Waals surface area contributed by atoms with Gasteiger partial charge in [-0.3, -0.25) is 0 Å². The summed E-state index contributed by atoms with van der Waals surface area (Å²) in [6.45, 7) is 4.76. The first-order valence-corrected chi connectivity index (χ1v) is 6.84. The van der Waals surface area contributed by atoms with Crippen molar-refractivity contribution in [3.05, 3.63) is 51.1 Å². The molecule has 1 aromatic carbocycles. The van der Waals surface area contributed by atoms with Crippen LogP contribution in [-0.2, 0) is 5.41 Å². The maximum absolute atomic E-state index is 2.47. The van der Waals surface area contributed by atoms with Crippen molar-refractivity contribution in [1.82, 2.24) is 0 Å². The van der Waals surface area contributed by atoms with Gasteiger partial charge in [0.25, 0.3) is 0 Å². The minimum absolute atomic E-state index is 0.285. The number of hydrogen-bond donors (Lipinski definition) is 0. The lowest BCUT2D eigenvalue weighted by molar-refractivity contribution is 0.414. The predicted molar refractivity (Wildman–Crippen MR) is 77.7 cm³/mol. The molecule has 0 heterocycles. The van der Waals surface area contributed by atoms with E-state index in [-0.39, 0.29) is 5.41 Å². The summed E-state index contributed by atoms with van der Waals surface area (Å²) in [7, 11) is 0. The number of allylic oxidation sites excluding steroid dienone is 4. The zero-order chi connectivity index (χ0) is 11.3. The van der Waals surface area contributed by atoms with E-state index in [1.54, 1.807) is 5.57 Å². The topological polar surface area (TPSA) is 0 Å². The Balaban J connectivity index is 2.24. The van der Waals surface area contributed by atoms with Gasteiger partial charge in [0, 0.05) is 0 Å². The molecule has 0 nitrogen and oxygen atoms in total. The SMILES string of the molecule is CC1(C)c2ccccc2C2=CC=C(I)C[C@H]21. The summed E-state index contributed by atoms with van der Waals surface area (Å²) in [5, 5.41) is 0. The van der Waals surface area contributed by atoms with Crippen LogP contribution in [-0.4, -0.2) is 0 Å². The Labute approximate surface area is 111 Å². The zero-order valence-corrected chi connectivity index (χ0v) is 11.8. The molecule has 0 N–H and O–H groups in total. The van der Waals surface area contributed by atoms with Crippen molar-refractivity contribution in [3.63, 3.8) is 0 Å². The minimum Gasteiger partial charge on any atom is -0.0619 e. The highest BCUT2D eigenvalue weighted by Gasteiger charge is 2.43. The zero-order valence-electron chi connectivity index (χ0n) is 9.63. The quantitative estimate of drug-likeness (QED) is 0.607. The van der Waals surface area contributed by atoms with Crippen molar-refractivity contribution in [2.24, 2.45) is 5.92 Å². The molecule has 0 amide bonds. The molecule has 0 saturated heterocycles. The molecule has 1 aromatic rings. The second-order valence-electron chi connectivity index (χ2n) is 5.26. The molecule has 0 unspecified atom stereocenters. The average Bonchev–Trinajstić information content (AvgIpc) is 2.49. The van der Waals surface area contributed by atoms with Crippen molar-refractivity contribution in [1.29, 1.82) is 0 Å². The molecule has 0 aliphatic heterocycles. The lowest BCUT2D eigenvalue weighted by atomic mass is 9.75. The van der Waals surface area contributed by atoms with Crippen LogP contribution in [0.2, 0.25) is 0 Å². The van der Waals surface area contributed by atoms with Crippen molar-refractivity contribution < 1.29 is 0 Å². The van der Waals surface area contributed by atoms with Crippen LogP contribution in [0, 0.1) is 5.92 Å². The number of fused-ring (bicyclic) bond motifs is 3. The van der Waals surface area contributed by atoms with Gasteiger partial charge in [-0.2, -0.15) is 0 Å². The lowest BCUT2D eigenvalue weighted by Crippen LogP contribution is -2.24. The second kappa shape index (κ2) is 3.46. The summed E-state index contributed by atoms with van der Waals surface area (Å²) >= 11 is 2.47. The summed E-state index contributed by atoms with van der Waals surface area (Å²) in [6, 6.07) is 8.88. The van der Waals surface area contributed by atoms with Crippen LogP contribution < -0.4 is 0 Å². The standard InChI is InChI=1S/C15H15I/c1-15(2)13-6-4-3-5-11(13)12-8-7-10(16)9-14(12)15/h3-8,14H,9H2,1-2H3/t14-/m1/s1. The third-order valence-electron chi connectivity index (χ3n) is 4.02. The van der Waals surface area contributed by atoms with E-state index in [2.05, 4.69) is 72.9 Å². The van der Waals surface area contributed by atoms with Gasteiger partial charge < -0.3 is 0 Å². The fraction of sp³-hybridized carbons (Fsp3) is 0.333. The monoisotopic (exact) mass is 322 g/mol. The smallest absolute Gasteiger partial charge is 0.00189 e. The Morgan fingerprint density at radius 2 is 1.94 bits per heavy atom. The number of hydrogen-bond acceptors (Lipinski definition) is 0. The molecular formula is C15H15I. The molecule has 0 spiro atoms. The maximum Gasteiger partial charge on any atom is -0.00189 e. The van der Waals surface area contributed by atoms with E-state index >= 15 is 0 Å². The molecule has 0 bridgehead atoms. The van der Waals surface area contributed by atoms with E-state index < -0.39 is 0 Å². The van der Waals surface area contributed by atoms with E-state index in [1.807, 2.05) is 0 Å². The molecular weight excluding hydrogens is 307 g/mol. The minimum atomic E-state index is 0.285. The van der Waals surface area contributed by atoms with Gasteiger partial charge in [-0.1, -0.05) is 50.3 Å². The van der Waals surface area contributed by atoms with Crippen molar-refractivity contribution >= 4 is 28.2 Å². The number of rotatable bonds is 0. The average molecular weight is 322 g/mol. The Morgan fingerprint density at radius 1 is 1.19 bits per heavy atom. The van der Waals surface area contributed by atoms with Crippen LogP contribution in [0.4, 0.5) is 0 Å². The Hall–Kier alpha value is -0.570. The molecule has 0 fully saturated rings. The largest absolute Gasteiger partial charge is 0.0619 e. The molecule has 1 atom stereocenters. The van der Waals surface area contributed by atoms with E-state index in [0.717, 1.165) is 0 Å². The number of benzene rings is 1. The van der Waals surface area contributed by atoms with E-state index in [1.165, 1.54) is 21.1 Å². The Morgan fingerprint density at radius 3 is 2.75 bits per heavy atom. The molecule has 82 valence electrons. The third-order valence-corrected chi connectivity index (χ3v) is 4.82. The third kappa shape index (κ3) is 1.33. The van der Waals surface area contributed by atoms with Crippen LogP contribution in [0.3, 0.4) is 0 Å². The molecule has 0 radical (unpaired) electrons. The van der Waals surface area contributed by atoms with Crippen molar-refractivity contribution in [2.45, 2.75) is 25.7 Å². The van der Waals surface area contributed by atoms with Crippen LogP contribution in [0.5, 0.6) is 0 Å². The highest BCUT2D eigenvalue weighted by Crippen LogP contribution is 2.54. The highest BCUT2D eigenvalue weighted by atomic mass is 127. The summed E-state index contributed by atoms with van der Waals surface area (Å²) < 4.78 is 1.48. The van der Waals surface area contributed by atoms with Gasteiger partial charge in [0.2, 0.25) is 0 Å². The summed E-state index contributed by atoms with van der Waals surface area (Å²) in [6.07, 6.45) is 5.79. The molecule has 2 aliphatic carbocycles. The first-order chi connectivity index (χ1) is 7.60. The maximum atomic E-state index is 2.47. The Bertz CT molecular complexity index is 506. The van der Waals surface area contributed by atoms with Crippen molar-refractivity contribution in [2.75, 3.05) is 0 Å². The highest BCUT2D eigenvalue weighted by molar-refractivity contribution is 14.1. The van der Waals surface area contributed by atoms with Gasteiger partial charge >= 0.3 is 0 Å². The first kappa shape index (κ1) is 10.6. The van der Waals surface area contributed by atoms with E-state index in [9.17, 15) is 0 Å². The van der Waals surface area contributed by atoms with Gasteiger partial charge in [-0.15, -0.1) is 0 Å². The normalized spacial score (nSPS) is 25.6. The molecule has 16 heavy (non-hydrogen) atoms. The van der Waals surface area contributed by atoms with Gasteiger partial charge in [0.05, 0.1) is 0 Å². The molecule has 2 aliphatic rings. The predicted octanol–water partition coefficient (Wildman–Crippen LogP) is 4.70. The molecule has 0 saturated carbocycles. The molecule has 0 aromatic heterocycles. The van der Waals surface area contributed by atoms with Gasteiger partial charge in [-0.05, 0) is 60.6 Å². The van der Waals surface area contributed by atoms with Crippen LogP contribution in [0.1, 0.15) is 31.4 Å². The van der Waals surface area contributed by atoms with Gasteiger partial charge in [0.15, 0.2) is 0 Å². The second-order valence-corrected chi connectivity index (χ2v) is 6.65. The first-order valence-electron chi connectivity index (χ1n) is 5.77. The van der Waals surface area contributed by atoms with Crippen molar-refractivity contribution in [3.8, 4) is 0 Å². The van der Waals surface area contributed by atoms with Crippen LogP contribution in [0.15, 0.2) is 40.0 Å². The van der Waals surface area contributed by atoms with Gasteiger partial charge in [-0.25, -0.2) is 0 Å². The lowest BCUT2D eigenvalue weighted by Gasteiger charge is -2.30. The van der Waals surface area contributed by atoms with Crippen LogP contribution in [0.25, 0.3) is 5.57 Å². The van der Waals surface area contributed by atoms with E-state index in [0.29, 0.717) is 5.92 Å². The summed E-state index contributed by atoms with van der Waals surface area (Å²) in [5.74, 6) is 0.668. The van der Waals surface area contributed by atoms with E-state index in [4.69, 9.17) is 0 Å². The Kier molecular flexibility index (Phi) is 2.29. The fourth-order valence-corrected chi connectivity index (χ4v) is 3.70. The molecule has 1 heteroatoms.